The van der Waals surface area contributed by atoms with Gasteiger partial charge in [0.1, 0.15) is 0 Å². The van der Waals surface area contributed by atoms with Gasteiger partial charge in [0.05, 0.1) is 11.7 Å². The summed E-state index contributed by atoms with van der Waals surface area (Å²) in [5.41, 5.74) is 0.241. The first-order valence-corrected chi connectivity index (χ1v) is 8.19. The molecule has 3 atom stereocenters. The van der Waals surface area contributed by atoms with Gasteiger partial charge >= 0.3 is 0 Å². The molecule has 2 nitrogen and oxygen atoms in total. The highest BCUT2D eigenvalue weighted by molar-refractivity contribution is 4.91. The molecule has 2 heteroatoms. The molecule has 1 saturated carbocycles. The Balaban J connectivity index is 2.66. The zero-order valence-electron chi connectivity index (χ0n) is 14.0. The van der Waals surface area contributed by atoms with Gasteiger partial charge in [-0.05, 0) is 52.9 Å². The van der Waals surface area contributed by atoms with Gasteiger partial charge in [-0.3, -0.25) is 0 Å². The van der Waals surface area contributed by atoms with Gasteiger partial charge in [-0.2, -0.15) is 0 Å². The van der Waals surface area contributed by atoms with E-state index >= 15 is 0 Å². The molecule has 0 radical (unpaired) electrons. The van der Waals surface area contributed by atoms with Crippen molar-refractivity contribution in [2.45, 2.75) is 97.3 Å². The summed E-state index contributed by atoms with van der Waals surface area (Å²) in [7, 11) is 0. The summed E-state index contributed by atoms with van der Waals surface area (Å²) in [5.74, 6) is 0.796. The molecule has 0 amide bonds. The minimum Gasteiger partial charge on any atom is -0.371 e. The maximum absolute atomic E-state index is 6.52. The van der Waals surface area contributed by atoms with Crippen LogP contribution >= 0.6 is 0 Å². The van der Waals surface area contributed by atoms with Gasteiger partial charge in [0, 0.05) is 12.1 Å². The van der Waals surface area contributed by atoms with E-state index < -0.39 is 0 Å². The molecule has 1 rings (SSSR count). The van der Waals surface area contributed by atoms with E-state index in [1.807, 2.05) is 0 Å². The molecule has 19 heavy (non-hydrogen) atoms. The molecule has 0 aromatic rings. The van der Waals surface area contributed by atoms with E-state index in [2.05, 4.69) is 46.9 Å². The Bertz CT molecular complexity index is 258. The second-order valence-electron chi connectivity index (χ2n) is 7.71. The molecule has 0 heterocycles. The van der Waals surface area contributed by atoms with Crippen LogP contribution in [0.25, 0.3) is 0 Å². The number of hydrogen-bond acceptors (Lipinski definition) is 2. The van der Waals surface area contributed by atoms with Crippen molar-refractivity contribution < 1.29 is 4.74 Å². The third-order valence-electron chi connectivity index (χ3n) is 4.14. The van der Waals surface area contributed by atoms with Gasteiger partial charge in [-0.15, -0.1) is 0 Å². The van der Waals surface area contributed by atoms with Crippen LogP contribution in [0.3, 0.4) is 0 Å². The molecule has 0 aromatic heterocycles. The van der Waals surface area contributed by atoms with Gasteiger partial charge in [-0.1, -0.05) is 33.1 Å². The molecule has 0 saturated heterocycles. The van der Waals surface area contributed by atoms with E-state index in [0.717, 1.165) is 12.5 Å². The maximum atomic E-state index is 6.52. The van der Waals surface area contributed by atoms with Gasteiger partial charge in [0.25, 0.3) is 0 Å². The van der Waals surface area contributed by atoms with Crippen LogP contribution in [0.4, 0.5) is 0 Å². The average Bonchev–Trinajstić information content (AvgIpc) is 2.26. The van der Waals surface area contributed by atoms with Crippen molar-refractivity contribution in [1.29, 1.82) is 0 Å². The molecule has 0 bridgehead atoms. The monoisotopic (exact) mass is 269 g/mol. The molecule has 3 unspecified atom stereocenters. The Hall–Kier alpha value is -0.0800. The SMILES string of the molecule is CCCC(C)OC1(CNC(C)(C)C)CCCC(C)C1. The number of rotatable bonds is 6. The molecule has 1 aliphatic rings. The standard InChI is InChI=1S/C17H35NO/c1-7-9-15(3)19-17(13-18-16(4,5)6)11-8-10-14(2)12-17/h14-15,18H,7-13H2,1-6H3. The minimum absolute atomic E-state index is 0.0690. The van der Waals surface area contributed by atoms with Gasteiger partial charge < -0.3 is 10.1 Å². The minimum atomic E-state index is 0.0690. The molecule has 1 N–H and O–H groups in total. The highest BCUT2D eigenvalue weighted by atomic mass is 16.5. The Morgan fingerprint density at radius 3 is 2.58 bits per heavy atom. The highest BCUT2D eigenvalue weighted by Crippen LogP contribution is 2.36. The van der Waals surface area contributed by atoms with Crippen LogP contribution in [0.5, 0.6) is 0 Å². The lowest BCUT2D eigenvalue weighted by molar-refractivity contribution is -0.118. The smallest absolute Gasteiger partial charge is 0.0812 e. The fourth-order valence-corrected chi connectivity index (χ4v) is 3.24. The lowest BCUT2D eigenvalue weighted by Gasteiger charge is -2.43. The fraction of sp³-hybridized carbons (Fsp3) is 1.00. The normalized spacial score (nSPS) is 30.3. The first kappa shape index (κ1) is 17.0. The maximum Gasteiger partial charge on any atom is 0.0812 e. The number of ether oxygens (including phenoxy) is 1. The summed E-state index contributed by atoms with van der Waals surface area (Å²) >= 11 is 0. The Morgan fingerprint density at radius 2 is 2.05 bits per heavy atom. The summed E-state index contributed by atoms with van der Waals surface area (Å²) in [6.07, 6.45) is 7.87. The van der Waals surface area contributed by atoms with E-state index in [4.69, 9.17) is 4.74 Å². The van der Waals surface area contributed by atoms with Crippen molar-refractivity contribution in [3.8, 4) is 0 Å². The van der Waals surface area contributed by atoms with Crippen LogP contribution in [0.2, 0.25) is 0 Å². The summed E-state index contributed by atoms with van der Waals surface area (Å²) in [4.78, 5) is 0. The summed E-state index contributed by atoms with van der Waals surface area (Å²) in [5, 5.41) is 3.68. The van der Waals surface area contributed by atoms with E-state index in [1.54, 1.807) is 0 Å². The Morgan fingerprint density at radius 1 is 1.37 bits per heavy atom. The highest BCUT2D eigenvalue weighted by Gasteiger charge is 2.37. The summed E-state index contributed by atoms with van der Waals surface area (Å²) < 4.78 is 6.52. The van der Waals surface area contributed by atoms with Crippen molar-refractivity contribution in [1.82, 2.24) is 5.32 Å². The number of hydrogen-bond donors (Lipinski definition) is 1. The van der Waals surface area contributed by atoms with Gasteiger partial charge in [-0.25, -0.2) is 0 Å². The van der Waals surface area contributed by atoms with E-state index in [-0.39, 0.29) is 11.1 Å². The summed E-state index contributed by atoms with van der Waals surface area (Å²) in [6.45, 7) is 14.6. The lowest BCUT2D eigenvalue weighted by Crippen LogP contribution is -2.52. The van der Waals surface area contributed by atoms with Crippen molar-refractivity contribution >= 4 is 0 Å². The second-order valence-corrected chi connectivity index (χ2v) is 7.71. The average molecular weight is 269 g/mol. The molecule has 114 valence electrons. The van der Waals surface area contributed by atoms with Gasteiger partial charge in [0.2, 0.25) is 0 Å². The van der Waals surface area contributed by atoms with Crippen molar-refractivity contribution in [2.24, 2.45) is 5.92 Å². The number of nitrogens with one attached hydrogen (secondary N) is 1. The van der Waals surface area contributed by atoms with Crippen molar-refractivity contribution in [3.63, 3.8) is 0 Å². The van der Waals surface area contributed by atoms with E-state index in [0.29, 0.717) is 6.10 Å². The van der Waals surface area contributed by atoms with Crippen LogP contribution < -0.4 is 5.32 Å². The predicted molar refractivity (Wildman–Crippen MR) is 83.6 cm³/mol. The van der Waals surface area contributed by atoms with Gasteiger partial charge in [0.15, 0.2) is 0 Å². The van der Waals surface area contributed by atoms with E-state index in [9.17, 15) is 0 Å². The van der Waals surface area contributed by atoms with Crippen LogP contribution in [0, 0.1) is 5.92 Å². The Labute approximate surface area is 120 Å². The molecule has 0 aliphatic heterocycles. The fourth-order valence-electron chi connectivity index (χ4n) is 3.24. The lowest BCUT2D eigenvalue weighted by atomic mass is 9.78. The molecular weight excluding hydrogens is 234 g/mol. The quantitative estimate of drug-likeness (QED) is 0.765. The summed E-state index contributed by atoms with van der Waals surface area (Å²) in [6, 6.07) is 0. The third-order valence-corrected chi connectivity index (χ3v) is 4.14. The van der Waals surface area contributed by atoms with Crippen LogP contribution in [-0.2, 0) is 4.74 Å². The molecule has 1 aliphatic carbocycles. The van der Waals surface area contributed by atoms with Crippen molar-refractivity contribution in [2.75, 3.05) is 6.54 Å². The molecular formula is C17H35NO. The third kappa shape index (κ3) is 6.27. The van der Waals surface area contributed by atoms with Crippen molar-refractivity contribution in [3.05, 3.63) is 0 Å². The molecule has 0 spiro atoms. The van der Waals surface area contributed by atoms with Crippen LogP contribution in [-0.4, -0.2) is 23.8 Å². The molecule has 1 fully saturated rings. The molecule has 0 aromatic carbocycles. The van der Waals surface area contributed by atoms with Crippen LogP contribution in [0.1, 0.15) is 80.1 Å². The van der Waals surface area contributed by atoms with Crippen LogP contribution in [0.15, 0.2) is 0 Å². The Kier molecular flexibility index (Phi) is 6.32. The zero-order valence-corrected chi connectivity index (χ0v) is 14.0. The predicted octanol–water partition coefficient (Wildman–Crippen LogP) is 4.53. The largest absolute Gasteiger partial charge is 0.371 e. The first-order valence-electron chi connectivity index (χ1n) is 8.19. The topological polar surface area (TPSA) is 21.3 Å². The first-order chi connectivity index (χ1) is 8.76. The zero-order chi connectivity index (χ0) is 14.5. The second kappa shape index (κ2) is 7.08. The van der Waals surface area contributed by atoms with E-state index in [1.165, 1.54) is 38.5 Å².